The molecule has 1 aliphatic rings. The monoisotopic (exact) mass is 285 g/mol. The van der Waals surface area contributed by atoms with Gasteiger partial charge < -0.3 is 4.42 Å². The first-order valence-electron chi connectivity index (χ1n) is 6.62. The van der Waals surface area contributed by atoms with Gasteiger partial charge in [-0.1, -0.05) is 29.8 Å². The summed E-state index contributed by atoms with van der Waals surface area (Å²) in [6.45, 7) is 2.39. The van der Waals surface area contributed by atoms with Gasteiger partial charge in [-0.2, -0.15) is 0 Å². The van der Waals surface area contributed by atoms with Crippen molar-refractivity contribution < 1.29 is 14.0 Å². The van der Waals surface area contributed by atoms with E-state index in [0.29, 0.717) is 12.3 Å². The van der Waals surface area contributed by atoms with E-state index in [9.17, 15) is 9.59 Å². The fourth-order valence-electron chi connectivity index (χ4n) is 2.09. The maximum Gasteiger partial charge on any atom is 0.338 e. The van der Waals surface area contributed by atoms with Gasteiger partial charge >= 0.3 is 6.03 Å². The number of nitrogens with zero attached hydrogens (tertiary/aromatic N) is 1. The van der Waals surface area contributed by atoms with Crippen LogP contribution < -0.4 is 10.7 Å². The van der Waals surface area contributed by atoms with E-state index >= 15 is 0 Å². The third-order valence-corrected chi connectivity index (χ3v) is 3.24. The van der Waals surface area contributed by atoms with E-state index in [1.807, 2.05) is 43.3 Å². The Morgan fingerprint density at radius 2 is 1.95 bits per heavy atom. The van der Waals surface area contributed by atoms with E-state index in [4.69, 9.17) is 4.42 Å². The number of hydrogen-bond donors (Lipinski definition) is 2. The molecule has 2 heterocycles. The first-order chi connectivity index (χ1) is 10.1. The lowest BCUT2D eigenvalue weighted by Gasteiger charge is -2.13. The molecule has 108 valence electrons. The number of rotatable bonds is 4. The molecule has 3 amide bonds. The number of hydrogen-bond acceptors (Lipinski definition) is 4. The van der Waals surface area contributed by atoms with Crippen molar-refractivity contribution in [2.24, 2.45) is 0 Å². The van der Waals surface area contributed by atoms with Crippen molar-refractivity contribution in [3.8, 4) is 11.3 Å². The highest BCUT2D eigenvalue weighted by atomic mass is 16.3. The van der Waals surface area contributed by atoms with Crippen LogP contribution in [0.25, 0.3) is 11.3 Å². The summed E-state index contributed by atoms with van der Waals surface area (Å²) in [7, 11) is 0. The van der Waals surface area contributed by atoms with Gasteiger partial charge in [0.2, 0.25) is 5.91 Å². The van der Waals surface area contributed by atoms with Crippen LogP contribution in [0.1, 0.15) is 11.3 Å². The molecule has 1 aromatic carbocycles. The van der Waals surface area contributed by atoms with E-state index in [1.54, 1.807) is 0 Å². The molecule has 3 rings (SSSR count). The van der Waals surface area contributed by atoms with Gasteiger partial charge in [-0.25, -0.2) is 15.2 Å². The number of aryl methyl sites for hydroxylation is 1. The zero-order chi connectivity index (χ0) is 14.8. The van der Waals surface area contributed by atoms with Gasteiger partial charge in [0.25, 0.3) is 0 Å². The topological polar surface area (TPSA) is 74.6 Å². The number of benzene rings is 1. The summed E-state index contributed by atoms with van der Waals surface area (Å²) in [6.07, 6.45) is 0. The molecule has 1 aromatic heterocycles. The molecule has 2 aromatic rings. The van der Waals surface area contributed by atoms with Crippen molar-refractivity contribution >= 4 is 11.9 Å². The standard InChI is InChI=1S/C15H15N3O3/c1-10-2-4-11(5-3-10)13-7-6-12(21-13)8-16-18-9-14(19)17-15(18)20/h2-7,16H,8-9H2,1H3,(H,17,19,20). The van der Waals surface area contributed by atoms with Crippen molar-refractivity contribution in [3.05, 3.63) is 47.7 Å². The summed E-state index contributed by atoms with van der Waals surface area (Å²) < 4.78 is 5.73. The number of carbonyl (C=O) groups excluding carboxylic acids is 2. The lowest BCUT2D eigenvalue weighted by molar-refractivity contribution is -0.118. The maximum atomic E-state index is 11.4. The molecule has 6 nitrogen and oxygen atoms in total. The Morgan fingerprint density at radius 3 is 2.62 bits per heavy atom. The second-order valence-corrected chi connectivity index (χ2v) is 4.91. The molecule has 0 bridgehead atoms. The molecule has 0 unspecified atom stereocenters. The third-order valence-electron chi connectivity index (χ3n) is 3.24. The highest BCUT2D eigenvalue weighted by Crippen LogP contribution is 2.22. The van der Waals surface area contributed by atoms with Crippen LogP contribution in [0, 0.1) is 6.92 Å². The average Bonchev–Trinajstić information content (AvgIpc) is 3.04. The van der Waals surface area contributed by atoms with Gasteiger partial charge in [0.15, 0.2) is 0 Å². The summed E-state index contributed by atoms with van der Waals surface area (Å²) in [4.78, 5) is 22.4. The number of urea groups is 1. The maximum absolute atomic E-state index is 11.4. The van der Waals surface area contributed by atoms with Crippen molar-refractivity contribution in [1.82, 2.24) is 15.8 Å². The quantitative estimate of drug-likeness (QED) is 0.840. The average molecular weight is 285 g/mol. The molecule has 0 spiro atoms. The lowest BCUT2D eigenvalue weighted by atomic mass is 10.1. The first-order valence-corrected chi connectivity index (χ1v) is 6.62. The van der Waals surface area contributed by atoms with E-state index in [-0.39, 0.29) is 12.5 Å². The van der Waals surface area contributed by atoms with Gasteiger partial charge in [-0.05, 0) is 19.1 Å². The minimum absolute atomic E-state index is 0.0182. The van der Waals surface area contributed by atoms with Gasteiger partial charge in [0.1, 0.15) is 18.1 Å². The van der Waals surface area contributed by atoms with Crippen molar-refractivity contribution in [2.75, 3.05) is 6.54 Å². The molecule has 21 heavy (non-hydrogen) atoms. The molecule has 1 saturated heterocycles. The molecular weight excluding hydrogens is 270 g/mol. The van der Waals surface area contributed by atoms with Crippen LogP contribution >= 0.6 is 0 Å². The Labute approximate surface area is 121 Å². The second-order valence-electron chi connectivity index (χ2n) is 4.91. The predicted molar refractivity (Wildman–Crippen MR) is 76.0 cm³/mol. The number of imide groups is 1. The lowest BCUT2D eigenvalue weighted by Crippen LogP contribution is -2.39. The fraction of sp³-hybridized carbons (Fsp3) is 0.200. The van der Waals surface area contributed by atoms with Crippen molar-refractivity contribution in [1.29, 1.82) is 0 Å². The Hall–Kier alpha value is -2.60. The number of amides is 3. The van der Waals surface area contributed by atoms with Gasteiger partial charge in [0.05, 0.1) is 6.54 Å². The largest absolute Gasteiger partial charge is 0.460 e. The van der Waals surface area contributed by atoms with Crippen LogP contribution in [0.4, 0.5) is 4.79 Å². The van der Waals surface area contributed by atoms with Crippen LogP contribution in [0.3, 0.4) is 0 Å². The molecular formula is C15H15N3O3. The molecule has 6 heteroatoms. The zero-order valence-corrected chi connectivity index (χ0v) is 11.6. The Morgan fingerprint density at radius 1 is 1.19 bits per heavy atom. The molecule has 1 fully saturated rings. The van der Waals surface area contributed by atoms with Crippen molar-refractivity contribution in [3.63, 3.8) is 0 Å². The highest BCUT2D eigenvalue weighted by molar-refractivity contribution is 6.01. The van der Waals surface area contributed by atoms with Crippen LogP contribution in [0.5, 0.6) is 0 Å². The van der Waals surface area contributed by atoms with Crippen molar-refractivity contribution in [2.45, 2.75) is 13.5 Å². The molecule has 2 N–H and O–H groups in total. The van der Waals surface area contributed by atoms with Crippen LogP contribution in [-0.4, -0.2) is 23.5 Å². The van der Waals surface area contributed by atoms with E-state index < -0.39 is 6.03 Å². The predicted octanol–water partition coefficient (Wildman–Crippen LogP) is 1.81. The number of carbonyl (C=O) groups is 2. The van der Waals surface area contributed by atoms with Gasteiger partial charge in [0, 0.05) is 5.56 Å². The number of nitrogens with one attached hydrogen (secondary N) is 2. The second kappa shape index (κ2) is 5.41. The summed E-state index contributed by atoms with van der Waals surface area (Å²) in [5.41, 5.74) is 5.05. The number of furan rings is 1. The van der Waals surface area contributed by atoms with E-state index in [2.05, 4.69) is 10.7 Å². The van der Waals surface area contributed by atoms with Gasteiger partial charge in [-0.15, -0.1) is 0 Å². The van der Waals surface area contributed by atoms with Gasteiger partial charge in [-0.3, -0.25) is 10.1 Å². The van der Waals surface area contributed by atoms with E-state index in [1.165, 1.54) is 10.6 Å². The van der Waals surface area contributed by atoms with E-state index in [0.717, 1.165) is 11.3 Å². The molecule has 0 saturated carbocycles. The Balaban J connectivity index is 1.64. The Kier molecular flexibility index (Phi) is 3.45. The highest BCUT2D eigenvalue weighted by Gasteiger charge is 2.26. The molecule has 0 atom stereocenters. The molecule has 0 radical (unpaired) electrons. The zero-order valence-electron chi connectivity index (χ0n) is 11.6. The number of hydrazine groups is 1. The summed E-state index contributed by atoms with van der Waals surface area (Å²) in [5, 5.41) is 3.43. The normalized spacial score (nSPS) is 14.6. The summed E-state index contributed by atoms with van der Waals surface area (Å²) >= 11 is 0. The minimum Gasteiger partial charge on any atom is -0.460 e. The Bertz CT molecular complexity index is 676. The summed E-state index contributed by atoms with van der Waals surface area (Å²) in [6, 6.07) is 11.3. The SMILES string of the molecule is Cc1ccc(-c2ccc(CNN3CC(=O)NC3=O)o2)cc1. The fourth-order valence-corrected chi connectivity index (χ4v) is 2.09. The minimum atomic E-state index is -0.440. The summed E-state index contributed by atoms with van der Waals surface area (Å²) in [5.74, 6) is 1.15. The molecule has 1 aliphatic heterocycles. The smallest absolute Gasteiger partial charge is 0.338 e. The van der Waals surface area contributed by atoms with Crippen LogP contribution in [0.15, 0.2) is 40.8 Å². The third kappa shape index (κ3) is 2.95. The first kappa shape index (κ1) is 13.4. The van der Waals surface area contributed by atoms with Crippen LogP contribution in [-0.2, 0) is 11.3 Å². The van der Waals surface area contributed by atoms with Crippen LogP contribution in [0.2, 0.25) is 0 Å². The molecule has 0 aliphatic carbocycles.